The van der Waals surface area contributed by atoms with E-state index >= 15 is 0 Å². The number of nitrogens with one attached hydrogen (secondary N) is 2. The van der Waals surface area contributed by atoms with Gasteiger partial charge in [-0.3, -0.25) is 4.79 Å². The average Bonchev–Trinajstić information content (AvgIpc) is 2.63. The van der Waals surface area contributed by atoms with Gasteiger partial charge in [0.2, 0.25) is 5.56 Å². The van der Waals surface area contributed by atoms with Crippen molar-refractivity contribution in [1.82, 2.24) is 15.0 Å². The molecule has 0 bridgehead atoms. The van der Waals surface area contributed by atoms with E-state index in [4.69, 9.17) is 0 Å². The summed E-state index contributed by atoms with van der Waals surface area (Å²) in [5.41, 5.74) is 1.49. The molecule has 3 aromatic rings. The lowest BCUT2D eigenvalue weighted by atomic mass is 10.1. The fourth-order valence-corrected chi connectivity index (χ4v) is 2.54. The van der Waals surface area contributed by atoms with Crippen LogP contribution >= 0.6 is 0 Å². The third-order valence-corrected chi connectivity index (χ3v) is 3.87. The van der Waals surface area contributed by atoms with Crippen molar-refractivity contribution in [3.8, 4) is 11.4 Å². The molecule has 0 atom stereocenters. The second-order valence-electron chi connectivity index (χ2n) is 5.78. The SMILES string of the molecule is CCc1cc(NCCc2cc[nH]c(=O)c2)nc(-c2cc(F)ccc2F)n1. The van der Waals surface area contributed by atoms with E-state index in [0.29, 0.717) is 25.2 Å². The Morgan fingerprint density at radius 3 is 2.73 bits per heavy atom. The van der Waals surface area contributed by atoms with Crippen LogP contribution in [0.15, 0.2) is 47.4 Å². The molecular formula is C19H18F2N4O. The third kappa shape index (κ3) is 4.30. The molecule has 0 amide bonds. The number of hydrogen-bond acceptors (Lipinski definition) is 4. The Morgan fingerprint density at radius 2 is 1.96 bits per heavy atom. The van der Waals surface area contributed by atoms with Gasteiger partial charge in [-0.15, -0.1) is 0 Å². The molecule has 2 heterocycles. The molecule has 26 heavy (non-hydrogen) atoms. The number of aromatic nitrogens is 3. The average molecular weight is 356 g/mol. The first-order valence-corrected chi connectivity index (χ1v) is 8.30. The Kier molecular flexibility index (Phi) is 5.36. The number of nitrogens with zero attached hydrogens (tertiary/aromatic N) is 2. The van der Waals surface area contributed by atoms with Crippen LogP contribution in [-0.4, -0.2) is 21.5 Å². The summed E-state index contributed by atoms with van der Waals surface area (Å²) in [7, 11) is 0. The lowest BCUT2D eigenvalue weighted by molar-refractivity contribution is 0.602. The fourth-order valence-electron chi connectivity index (χ4n) is 2.54. The van der Waals surface area contributed by atoms with E-state index in [1.54, 1.807) is 12.3 Å². The molecule has 0 aliphatic carbocycles. The van der Waals surface area contributed by atoms with Gasteiger partial charge < -0.3 is 10.3 Å². The van der Waals surface area contributed by atoms with Crippen molar-refractivity contribution in [1.29, 1.82) is 0 Å². The summed E-state index contributed by atoms with van der Waals surface area (Å²) < 4.78 is 27.5. The van der Waals surface area contributed by atoms with Gasteiger partial charge in [0.15, 0.2) is 5.82 Å². The molecule has 0 unspecified atom stereocenters. The lowest BCUT2D eigenvalue weighted by Gasteiger charge is -2.10. The van der Waals surface area contributed by atoms with E-state index < -0.39 is 11.6 Å². The van der Waals surface area contributed by atoms with Gasteiger partial charge in [0, 0.05) is 30.6 Å². The van der Waals surface area contributed by atoms with Crippen LogP contribution in [0.3, 0.4) is 0 Å². The Labute approximate surface area is 149 Å². The summed E-state index contributed by atoms with van der Waals surface area (Å²) in [4.78, 5) is 22.5. The maximum Gasteiger partial charge on any atom is 0.248 e. The highest BCUT2D eigenvalue weighted by Gasteiger charge is 2.12. The van der Waals surface area contributed by atoms with Crippen molar-refractivity contribution in [2.24, 2.45) is 0 Å². The summed E-state index contributed by atoms with van der Waals surface area (Å²) >= 11 is 0. The Hall–Kier alpha value is -3.09. The number of benzene rings is 1. The van der Waals surface area contributed by atoms with Crippen LogP contribution < -0.4 is 10.9 Å². The minimum atomic E-state index is -0.575. The number of aromatic amines is 1. The van der Waals surface area contributed by atoms with E-state index in [-0.39, 0.29) is 16.9 Å². The highest BCUT2D eigenvalue weighted by Crippen LogP contribution is 2.22. The Bertz CT molecular complexity index is 972. The van der Waals surface area contributed by atoms with Gasteiger partial charge >= 0.3 is 0 Å². The van der Waals surface area contributed by atoms with E-state index in [1.807, 2.05) is 13.0 Å². The maximum absolute atomic E-state index is 14.0. The van der Waals surface area contributed by atoms with Crippen molar-refractivity contribution < 1.29 is 8.78 Å². The van der Waals surface area contributed by atoms with Crippen LogP contribution in [0.5, 0.6) is 0 Å². The third-order valence-electron chi connectivity index (χ3n) is 3.87. The van der Waals surface area contributed by atoms with Crippen LogP contribution in [0.1, 0.15) is 18.2 Å². The maximum atomic E-state index is 14.0. The van der Waals surface area contributed by atoms with Crippen LogP contribution in [0.4, 0.5) is 14.6 Å². The number of anilines is 1. The first-order chi connectivity index (χ1) is 12.5. The molecule has 7 heteroatoms. The van der Waals surface area contributed by atoms with E-state index in [0.717, 1.165) is 29.5 Å². The molecule has 0 saturated heterocycles. The molecule has 0 radical (unpaired) electrons. The lowest BCUT2D eigenvalue weighted by Crippen LogP contribution is -2.11. The highest BCUT2D eigenvalue weighted by atomic mass is 19.1. The molecule has 2 N–H and O–H groups in total. The van der Waals surface area contributed by atoms with Crippen LogP contribution in [0.2, 0.25) is 0 Å². The molecule has 0 aliphatic rings. The van der Waals surface area contributed by atoms with Crippen LogP contribution in [0, 0.1) is 11.6 Å². The molecule has 0 saturated carbocycles. The number of hydrogen-bond donors (Lipinski definition) is 2. The molecule has 3 rings (SSSR count). The van der Waals surface area contributed by atoms with Crippen LogP contribution in [-0.2, 0) is 12.8 Å². The molecule has 2 aromatic heterocycles. The highest BCUT2D eigenvalue weighted by molar-refractivity contribution is 5.58. The zero-order valence-corrected chi connectivity index (χ0v) is 14.2. The van der Waals surface area contributed by atoms with E-state index in [1.165, 1.54) is 6.07 Å². The molecular weight excluding hydrogens is 338 g/mol. The largest absolute Gasteiger partial charge is 0.370 e. The minimum Gasteiger partial charge on any atom is -0.370 e. The molecule has 0 aliphatic heterocycles. The molecule has 1 aromatic carbocycles. The van der Waals surface area contributed by atoms with Crippen molar-refractivity contribution in [2.75, 3.05) is 11.9 Å². The summed E-state index contributed by atoms with van der Waals surface area (Å²) in [6.07, 6.45) is 2.86. The molecule has 5 nitrogen and oxygen atoms in total. The summed E-state index contributed by atoms with van der Waals surface area (Å²) in [6.45, 7) is 2.46. The molecule has 0 spiro atoms. The number of rotatable bonds is 6. The van der Waals surface area contributed by atoms with Gasteiger partial charge in [-0.25, -0.2) is 18.7 Å². The van der Waals surface area contributed by atoms with E-state index in [2.05, 4.69) is 20.3 Å². The van der Waals surface area contributed by atoms with Gasteiger partial charge in [-0.2, -0.15) is 0 Å². The fraction of sp³-hybridized carbons (Fsp3) is 0.211. The molecule has 0 fully saturated rings. The van der Waals surface area contributed by atoms with Crippen LogP contribution in [0.25, 0.3) is 11.4 Å². The standard InChI is InChI=1S/C19H18F2N4O/c1-2-14-11-17(22-7-5-12-6-8-23-18(26)9-12)25-19(24-14)15-10-13(20)3-4-16(15)21/h3-4,6,8-11H,2,5,7H2,1H3,(H,23,26)(H,22,24,25). The second kappa shape index (κ2) is 7.86. The molecule has 134 valence electrons. The summed E-state index contributed by atoms with van der Waals surface area (Å²) in [6, 6.07) is 8.35. The van der Waals surface area contributed by atoms with Gasteiger partial charge in [0.1, 0.15) is 17.5 Å². The predicted molar refractivity (Wildman–Crippen MR) is 96.0 cm³/mol. The Balaban J connectivity index is 1.81. The van der Waals surface area contributed by atoms with Crippen molar-refractivity contribution in [2.45, 2.75) is 19.8 Å². The normalized spacial score (nSPS) is 10.7. The van der Waals surface area contributed by atoms with Gasteiger partial charge in [-0.1, -0.05) is 6.92 Å². The Morgan fingerprint density at radius 1 is 1.12 bits per heavy atom. The van der Waals surface area contributed by atoms with Crippen molar-refractivity contribution in [3.63, 3.8) is 0 Å². The van der Waals surface area contributed by atoms with Gasteiger partial charge in [-0.05, 0) is 42.7 Å². The smallest absolute Gasteiger partial charge is 0.248 e. The van der Waals surface area contributed by atoms with Gasteiger partial charge in [0.25, 0.3) is 0 Å². The minimum absolute atomic E-state index is 0.0259. The van der Waals surface area contributed by atoms with Crippen molar-refractivity contribution in [3.05, 3.63) is 75.8 Å². The topological polar surface area (TPSA) is 70.7 Å². The quantitative estimate of drug-likeness (QED) is 0.711. The first-order valence-electron chi connectivity index (χ1n) is 8.30. The number of pyridine rings is 1. The zero-order chi connectivity index (χ0) is 18.5. The number of aryl methyl sites for hydroxylation is 1. The number of halogens is 2. The van der Waals surface area contributed by atoms with Crippen molar-refractivity contribution >= 4 is 5.82 Å². The monoisotopic (exact) mass is 356 g/mol. The first kappa shape index (κ1) is 17.7. The van der Waals surface area contributed by atoms with Gasteiger partial charge in [0.05, 0.1) is 5.56 Å². The van der Waals surface area contributed by atoms with E-state index in [9.17, 15) is 13.6 Å². The summed E-state index contributed by atoms with van der Waals surface area (Å²) in [5, 5.41) is 3.15. The predicted octanol–water partition coefficient (Wildman–Crippen LogP) is 3.33. The summed E-state index contributed by atoms with van der Waals surface area (Å²) in [5.74, 6) is -0.454. The second-order valence-corrected chi connectivity index (χ2v) is 5.78. The zero-order valence-electron chi connectivity index (χ0n) is 14.2. The number of H-pyrrole nitrogens is 1.